The van der Waals surface area contributed by atoms with E-state index in [9.17, 15) is 0 Å². The number of rotatable bonds is 4. The average molecular weight is 318 g/mol. The van der Waals surface area contributed by atoms with Crippen LogP contribution >= 0.6 is 22.9 Å². The highest BCUT2D eigenvalue weighted by atomic mass is 35.5. The highest BCUT2D eigenvalue weighted by Gasteiger charge is 2.12. The highest BCUT2D eigenvalue weighted by molar-refractivity contribution is 7.13. The van der Waals surface area contributed by atoms with Gasteiger partial charge in [-0.05, 0) is 6.07 Å². The van der Waals surface area contributed by atoms with E-state index in [0.29, 0.717) is 10.7 Å². The van der Waals surface area contributed by atoms with Crippen molar-refractivity contribution in [2.45, 2.75) is 0 Å². The summed E-state index contributed by atoms with van der Waals surface area (Å²) in [4.78, 5) is 8.66. The Kier molecular flexibility index (Phi) is 3.72. The molecule has 0 amide bonds. The van der Waals surface area contributed by atoms with E-state index in [1.165, 1.54) is 6.21 Å². The van der Waals surface area contributed by atoms with Crippen LogP contribution in [0.1, 0.15) is 5.56 Å². The van der Waals surface area contributed by atoms with Crippen LogP contribution in [0.2, 0.25) is 5.02 Å². The lowest BCUT2D eigenvalue weighted by atomic mass is 10.1. The van der Waals surface area contributed by atoms with Crippen molar-refractivity contribution in [2.75, 3.05) is 7.05 Å². The van der Waals surface area contributed by atoms with Gasteiger partial charge >= 0.3 is 0 Å². The van der Waals surface area contributed by atoms with Gasteiger partial charge in [-0.2, -0.15) is 0 Å². The summed E-state index contributed by atoms with van der Waals surface area (Å²) >= 11 is 7.86. The number of fused-ring (bicyclic) bond motifs is 1. The van der Waals surface area contributed by atoms with Crippen LogP contribution in [0.5, 0.6) is 0 Å². The third-order valence-corrected chi connectivity index (χ3v) is 4.07. The van der Waals surface area contributed by atoms with Crippen LogP contribution in [0.4, 0.5) is 0 Å². The molecule has 0 saturated carbocycles. The molecule has 0 spiro atoms. The van der Waals surface area contributed by atoms with Gasteiger partial charge in [0.1, 0.15) is 10.7 Å². The Balaban J connectivity index is 2.24. The summed E-state index contributed by atoms with van der Waals surface area (Å²) in [6.45, 7) is 0. The van der Waals surface area contributed by atoms with E-state index in [1.54, 1.807) is 37.0 Å². The molecule has 0 aromatic carbocycles. The first-order valence-corrected chi connectivity index (χ1v) is 7.45. The summed E-state index contributed by atoms with van der Waals surface area (Å²) in [5, 5.41) is 13.8. The van der Waals surface area contributed by atoms with Crippen LogP contribution < -0.4 is 5.32 Å². The summed E-state index contributed by atoms with van der Waals surface area (Å²) in [6, 6.07) is 1.81. The molecule has 3 aromatic heterocycles. The van der Waals surface area contributed by atoms with Crippen molar-refractivity contribution in [3.63, 3.8) is 0 Å². The zero-order valence-electron chi connectivity index (χ0n) is 11.2. The molecule has 0 bridgehead atoms. The quantitative estimate of drug-likeness (QED) is 0.725. The zero-order chi connectivity index (χ0) is 14.8. The summed E-state index contributed by atoms with van der Waals surface area (Å²) in [7, 11) is 1.79. The van der Waals surface area contributed by atoms with Gasteiger partial charge in [0.05, 0.1) is 11.2 Å². The van der Waals surface area contributed by atoms with Crippen molar-refractivity contribution in [1.29, 1.82) is 5.41 Å². The second-order valence-corrected chi connectivity index (χ2v) is 5.59. The molecule has 0 unspecified atom stereocenters. The van der Waals surface area contributed by atoms with E-state index in [1.807, 2.05) is 22.0 Å². The van der Waals surface area contributed by atoms with Crippen molar-refractivity contribution in [2.24, 2.45) is 0 Å². The molecule has 0 aliphatic rings. The predicted molar refractivity (Wildman–Crippen MR) is 87.1 cm³/mol. The Morgan fingerprint density at radius 3 is 3.00 bits per heavy atom. The summed E-state index contributed by atoms with van der Waals surface area (Å²) in [5.41, 5.74) is 3.14. The summed E-state index contributed by atoms with van der Waals surface area (Å²) in [6.07, 6.45) is 8.47. The van der Waals surface area contributed by atoms with Crippen molar-refractivity contribution in [1.82, 2.24) is 19.7 Å². The number of thiazole rings is 1. The summed E-state index contributed by atoms with van der Waals surface area (Å²) < 4.78 is 1.91. The molecular formula is C14H12ClN5S. The standard InChI is InChI=1S/C14H12ClN5S/c1-17-6-10(5-16)9-4-11(15)13-19-7-12(20(13)8-9)14-18-2-3-21-14/h2-8,16-17H,1H3/b10-6+,16-5?. The lowest BCUT2D eigenvalue weighted by Crippen LogP contribution is -1.99. The van der Waals surface area contributed by atoms with Crippen molar-refractivity contribution >= 4 is 40.4 Å². The molecule has 3 rings (SSSR count). The Hall–Kier alpha value is -2.18. The normalized spacial score (nSPS) is 11.8. The highest BCUT2D eigenvalue weighted by Crippen LogP contribution is 2.28. The minimum absolute atomic E-state index is 0.541. The first-order chi connectivity index (χ1) is 10.2. The molecule has 3 heterocycles. The van der Waals surface area contributed by atoms with Crippen LogP contribution in [0, 0.1) is 5.41 Å². The molecule has 0 aliphatic carbocycles. The first kappa shape index (κ1) is 13.8. The van der Waals surface area contributed by atoms with Crippen LogP contribution in [-0.2, 0) is 0 Å². The molecule has 0 aliphatic heterocycles. The predicted octanol–water partition coefficient (Wildman–Crippen LogP) is 3.32. The van der Waals surface area contributed by atoms with Gasteiger partial charge in [-0.15, -0.1) is 11.3 Å². The number of allylic oxidation sites excluding steroid dienone is 1. The van der Waals surface area contributed by atoms with Gasteiger partial charge in [0.25, 0.3) is 0 Å². The molecule has 5 nitrogen and oxygen atoms in total. The van der Waals surface area contributed by atoms with Crippen LogP contribution in [0.25, 0.3) is 21.9 Å². The minimum Gasteiger partial charge on any atom is -0.393 e. The number of halogens is 1. The third-order valence-electron chi connectivity index (χ3n) is 3.00. The second kappa shape index (κ2) is 5.67. The molecule has 0 radical (unpaired) electrons. The lowest BCUT2D eigenvalue weighted by molar-refractivity contribution is 1.10. The fourth-order valence-corrected chi connectivity index (χ4v) is 2.98. The molecule has 0 saturated heterocycles. The van der Waals surface area contributed by atoms with Crippen LogP contribution in [0.15, 0.2) is 36.2 Å². The molecule has 21 heavy (non-hydrogen) atoms. The van der Waals surface area contributed by atoms with E-state index >= 15 is 0 Å². The number of aromatic nitrogens is 3. The molecule has 3 aromatic rings. The number of nitrogens with one attached hydrogen (secondary N) is 2. The Morgan fingerprint density at radius 1 is 1.48 bits per heavy atom. The minimum atomic E-state index is 0.541. The topological polar surface area (TPSA) is 66.1 Å². The number of pyridine rings is 1. The molecule has 7 heteroatoms. The van der Waals surface area contributed by atoms with E-state index in [0.717, 1.165) is 21.8 Å². The monoisotopic (exact) mass is 317 g/mol. The zero-order valence-corrected chi connectivity index (χ0v) is 12.7. The third kappa shape index (κ3) is 2.43. The number of imidazole rings is 1. The Labute approximate surface area is 130 Å². The largest absolute Gasteiger partial charge is 0.393 e. The maximum Gasteiger partial charge on any atom is 0.156 e. The van der Waals surface area contributed by atoms with Gasteiger partial charge < -0.3 is 10.7 Å². The second-order valence-electron chi connectivity index (χ2n) is 4.28. The lowest BCUT2D eigenvalue weighted by Gasteiger charge is -2.06. The van der Waals surface area contributed by atoms with Gasteiger partial charge in [-0.3, -0.25) is 4.40 Å². The van der Waals surface area contributed by atoms with Gasteiger partial charge in [0.15, 0.2) is 5.65 Å². The molecule has 106 valence electrons. The number of nitrogens with zero attached hydrogens (tertiary/aromatic N) is 3. The van der Waals surface area contributed by atoms with E-state index in [4.69, 9.17) is 17.0 Å². The average Bonchev–Trinajstić information content (AvgIpc) is 3.12. The summed E-state index contributed by atoms with van der Waals surface area (Å²) in [5.74, 6) is 0. The molecule has 2 N–H and O–H groups in total. The molecule has 0 fully saturated rings. The van der Waals surface area contributed by atoms with Crippen molar-refractivity contribution in [3.8, 4) is 10.7 Å². The van der Waals surface area contributed by atoms with Crippen LogP contribution in [-0.4, -0.2) is 27.6 Å². The number of hydrogen-bond acceptors (Lipinski definition) is 5. The van der Waals surface area contributed by atoms with Crippen molar-refractivity contribution < 1.29 is 0 Å². The number of hydrogen-bond donors (Lipinski definition) is 2. The van der Waals surface area contributed by atoms with E-state index in [2.05, 4.69) is 15.3 Å². The van der Waals surface area contributed by atoms with Gasteiger partial charge in [-0.25, -0.2) is 9.97 Å². The van der Waals surface area contributed by atoms with Gasteiger partial charge in [0, 0.05) is 48.4 Å². The van der Waals surface area contributed by atoms with Crippen molar-refractivity contribution in [3.05, 3.63) is 46.8 Å². The van der Waals surface area contributed by atoms with Crippen LogP contribution in [0.3, 0.4) is 0 Å². The maximum absolute atomic E-state index is 7.52. The Morgan fingerprint density at radius 2 is 2.33 bits per heavy atom. The SMILES string of the molecule is CN/C=C(\C=N)c1cc(Cl)c2ncc(-c3nccs3)n2c1. The maximum atomic E-state index is 7.52. The van der Waals surface area contributed by atoms with E-state index in [-0.39, 0.29) is 0 Å². The Bertz CT molecular complexity index is 819. The fourth-order valence-electron chi connectivity index (χ4n) is 2.08. The molecule has 0 atom stereocenters. The smallest absolute Gasteiger partial charge is 0.156 e. The first-order valence-electron chi connectivity index (χ1n) is 6.19. The van der Waals surface area contributed by atoms with Gasteiger partial charge in [0.2, 0.25) is 0 Å². The van der Waals surface area contributed by atoms with E-state index < -0.39 is 0 Å². The fraction of sp³-hybridized carbons (Fsp3) is 0.0714. The van der Waals surface area contributed by atoms with Gasteiger partial charge in [-0.1, -0.05) is 11.6 Å². The molecular weight excluding hydrogens is 306 g/mol.